The van der Waals surface area contributed by atoms with Crippen LogP contribution in [0, 0.1) is 5.92 Å². The summed E-state index contributed by atoms with van der Waals surface area (Å²) in [6, 6.07) is 8.52. The molecule has 1 aliphatic rings. The fraction of sp³-hybridized carbons (Fsp3) is 0.357. The van der Waals surface area contributed by atoms with E-state index in [9.17, 15) is 0 Å². The van der Waals surface area contributed by atoms with Gasteiger partial charge in [-0.25, -0.2) is 4.99 Å². The van der Waals surface area contributed by atoms with Crippen LogP contribution >= 0.6 is 0 Å². The Morgan fingerprint density at radius 2 is 2.24 bits per heavy atom. The predicted molar refractivity (Wildman–Crippen MR) is 69.4 cm³/mol. The van der Waals surface area contributed by atoms with Gasteiger partial charge in [-0.2, -0.15) is 0 Å². The van der Waals surface area contributed by atoms with Crippen molar-refractivity contribution in [1.29, 1.82) is 0 Å². The lowest BCUT2D eigenvalue weighted by atomic mass is 10.1. The Labute approximate surface area is 101 Å². The van der Waals surface area contributed by atoms with Crippen LogP contribution in [0.3, 0.4) is 0 Å². The van der Waals surface area contributed by atoms with Crippen molar-refractivity contribution < 1.29 is 4.74 Å². The van der Waals surface area contributed by atoms with Gasteiger partial charge in [-0.1, -0.05) is 19.9 Å². The minimum atomic E-state index is 0.291. The number of hydrogen-bond donors (Lipinski definition) is 1. The Morgan fingerprint density at radius 1 is 1.35 bits per heavy atom. The summed E-state index contributed by atoms with van der Waals surface area (Å²) in [5.41, 5.74) is 2.22. The Kier molecular flexibility index (Phi) is 2.39. The molecule has 0 fully saturated rings. The average Bonchev–Trinajstić information content (AvgIpc) is 2.97. The predicted octanol–water partition coefficient (Wildman–Crippen LogP) is 2.97. The summed E-state index contributed by atoms with van der Waals surface area (Å²) >= 11 is 0. The number of aliphatic imine (C=N–C) groups is 1. The number of benzene rings is 1. The maximum Gasteiger partial charge on any atom is 0.217 e. The summed E-state index contributed by atoms with van der Waals surface area (Å²) < 4.78 is 5.73. The zero-order valence-corrected chi connectivity index (χ0v) is 10.1. The molecule has 1 aromatic carbocycles. The zero-order chi connectivity index (χ0) is 11.8. The van der Waals surface area contributed by atoms with Crippen molar-refractivity contribution in [3.05, 3.63) is 36.0 Å². The van der Waals surface area contributed by atoms with E-state index in [1.807, 2.05) is 12.3 Å². The normalized spacial score (nSPS) is 19.7. The number of H-pyrrole nitrogens is 1. The van der Waals surface area contributed by atoms with E-state index in [-0.39, 0.29) is 0 Å². The van der Waals surface area contributed by atoms with Crippen LogP contribution in [-0.4, -0.2) is 23.5 Å². The highest BCUT2D eigenvalue weighted by atomic mass is 16.5. The van der Waals surface area contributed by atoms with Gasteiger partial charge in [0.15, 0.2) is 0 Å². The third-order valence-corrected chi connectivity index (χ3v) is 3.27. The number of ether oxygens (including phenoxy) is 1. The van der Waals surface area contributed by atoms with Crippen molar-refractivity contribution in [3.63, 3.8) is 0 Å². The topological polar surface area (TPSA) is 37.4 Å². The molecule has 2 heterocycles. The summed E-state index contributed by atoms with van der Waals surface area (Å²) in [6.45, 7) is 5.06. The van der Waals surface area contributed by atoms with Gasteiger partial charge in [0.25, 0.3) is 0 Å². The Hall–Kier alpha value is -1.77. The molecule has 0 aliphatic carbocycles. The van der Waals surface area contributed by atoms with E-state index in [0.717, 1.165) is 17.0 Å². The second-order valence-corrected chi connectivity index (χ2v) is 4.80. The summed E-state index contributed by atoms with van der Waals surface area (Å²) in [6.07, 6.45) is 1.95. The fourth-order valence-corrected chi connectivity index (χ4v) is 2.15. The average molecular weight is 228 g/mol. The molecule has 1 aromatic heterocycles. The van der Waals surface area contributed by atoms with Crippen LogP contribution in [0.4, 0.5) is 0 Å². The van der Waals surface area contributed by atoms with Gasteiger partial charge in [0.05, 0.1) is 6.04 Å². The van der Waals surface area contributed by atoms with Crippen LogP contribution < -0.4 is 0 Å². The van der Waals surface area contributed by atoms with Gasteiger partial charge in [-0.3, -0.25) is 0 Å². The molecule has 17 heavy (non-hydrogen) atoms. The molecule has 3 nitrogen and oxygen atoms in total. The van der Waals surface area contributed by atoms with Gasteiger partial charge in [0.2, 0.25) is 5.90 Å². The Morgan fingerprint density at radius 3 is 3.00 bits per heavy atom. The van der Waals surface area contributed by atoms with E-state index in [4.69, 9.17) is 4.74 Å². The lowest BCUT2D eigenvalue weighted by Crippen LogP contribution is -2.13. The van der Waals surface area contributed by atoms with E-state index in [0.29, 0.717) is 18.6 Å². The molecule has 0 bridgehead atoms. The van der Waals surface area contributed by atoms with Crippen molar-refractivity contribution in [3.8, 4) is 0 Å². The summed E-state index contributed by atoms with van der Waals surface area (Å²) in [5, 5.41) is 1.18. The molecule has 0 radical (unpaired) electrons. The van der Waals surface area contributed by atoms with Gasteiger partial charge in [0, 0.05) is 22.7 Å². The van der Waals surface area contributed by atoms with Crippen molar-refractivity contribution in [2.24, 2.45) is 10.9 Å². The van der Waals surface area contributed by atoms with E-state index in [1.54, 1.807) is 0 Å². The molecular formula is C14H16N2O. The molecular weight excluding hydrogens is 212 g/mol. The first kappa shape index (κ1) is 10.4. The molecule has 3 rings (SSSR count). The highest BCUT2D eigenvalue weighted by Crippen LogP contribution is 2.23. The zero-order valence-electron chi connectivity index (χ0n) is 10.1. The van der Waals surface area contributed by atoms with E-state index in [2.05, 4.69) is 42.0 Å². The van der Waals surface area contributed by atoms with Gasteiger partial charge < -0.3 is 9.72 Å². The highest BCUT2D eigenvalue weighted by molar-refractivity contribution is 6.06. The molecule has 1 aliphatic heterocycles. The van der Waals surface area contributed by atoms with Crippen molar-refractivity contribution in [1.82, 2.24) is 4.98 Å². The molecule has 1 atom stereocenters. The monoisotopic (exact) mass is 228 g/mol. The van der Waals surface area contributed by atoms with Crippen LogP contribution in [0.25, 0.3) is 10.9 Å². The summed E-state index contributed by atoms with van der Waals surface area (Å²) in [4.78, 5) is 7.87. The maximum atomic E-state index is 5.73. The first-order valence-corrected chi connectivity index (χ1v) is 6.03. The summed E-state index contributed by atoms with van der Waals surface area (Å²) in [5.74, 6) is 1.31. The van der Waals surface area contributed by atoms with Crippen LogP contribution in [0.15, 0.2) is 35.5 Å². The SMILES string of the molecule is CC(C)[C@@H]1COC(c2cccc3[nH]ccc23)=N1. The van der Waals surface area contributed by atoms with Crippen molar-refractivity contribution in [2.45, 2.75) is 19.9 Å². The van der Waals surface area contributed by atoms with Gasteiger partial charge in [-0.05, 0) is 24.1 Å². The molecule has 0 saturated heterocycles. The smallest absolute Gasteiger partial charge is 0.217 e. The van der Waals surface area contributed by atoms with Crippen LogP contribution in [-0.2, 0) is 4.74 Å². The Bertz CT molecular complexity index is 568. The second-order valence-electron chi connectivity index (χ2n) is 4.80. The van der Waals surface area contributed by atoms with Gasteiger partial charge in [0.1, 0.15) is 6.61 Å². The van der Waals surface area contributed by atoms with Crippen molar-refractivity contribution in [2.75, 3.05) is 6.61 Å². The number of rotatable bonds is 2. The quantitative estimate of drug-likeness (QED) is 0.843. The standard InChI is InChI=1S/C14H16N2O/c1-9(2)13-8-17-14(16-13)11-4-3-5-12-10(11)6-7-15-12/h3-7,9,13,15H,8H2,1-2H3/t13-/m0/s1. The summed E-state index contributed by atoms with van der Waals surface area (Å²) in [7, 11) is 0. The lowest BCUT2D eigenvalue weighted by Gasteiger charge is -2.06. The highest BCUT2D eigenvalue weighted by Gasteiger charge is 2.23. The number of aromatic amines is 1. The van der Waals surface area contributed by atoms with Gasteiger partial charge in [-0.15, -0.1) is 0 Å². The third kappa shape index (κ3) is 1.71. The minimum Gasteiger partial charge on any atom is -0.475 e. The molecule has 0 unspecified atom stereocenters. The fourth-order valence-electron chi connectivity index (χ4n) is 2.15. The number of nitrogens with zero attached hydrogens (tertiary/aromatic N) is 1. The second kappa shape index (κ2) is 3.91. The molecule has 88 valence electrons. The number of hydrogen-bond acceptors (Lipinski definition) is 2. The van der Waals surface area contributed by atoms with E-state index < -0.39 is 0 Å². The van der Waals surface area contributed by atoms with Crippen LogP contribution in [0.2, 0.25) is 0 Å². The Balaban J connectivity index is 2.05. The molecule has 0 amide bonds. The first-order chi connectivity index (χ1) is 8.25. The van der Waals surface area contributed by atoms with Crippen molar-refractivity contribution >= 4 is 16.8 Å². The third-order valence-electron chi connectivity index (χ3n) is 3.27. The molecule has 0 spiro atoms. The van der Waals surface area contributed by atoms with Crippen LogP contribution in [0.1, 0.15) is 19.4 Å². The molecule has 3 heteroatoms. The first-order valence-electron chi connectivity index (χ1n) is 6.03. The van der Waals surface area contributed by atoms with E-state index in [1.165, 1.54) is 5.39 Å². The lowest BCUT2D eigenvalue weighted by molar-refractivity contribution is 0.292. The van der Waals surface area contributed by atoms with Gasteiger partial charge >= 0.3 is 0 Å². The van der Waals surface area contributed by atoms with Crippen LogP contribution in [0.5, 0.6) is 0 Å². The number of nitrogens with one attached hydrogen (secondary N) is 1. The molecule has 2 aromatic rings. The number of aromatic nitrogens is 1. The van der Waals surface area contributed by atoms with E-state index >= 15 is 0 Å². The molecule has 1 N–H and O–H groups in total. The maximum absolute atomic E-state index is 5.73. The number of fused-ring (bicyclic) bond motifs is 1. The minimum absolute atomic E-state index is 0.291. The molecule has 0 saturated carbocycles. The largest absolute Gasteiger partial charge is 0.475 e.